The molecule has 4 fully saturated rings. The van der Waals surface area contributed by atoms with Gasteiger partial charge < -0.3 is 5.11 Å². The van der Waals surface area contributed by atoms with Crippen LogP contribution in [0.25, 0.3) is 0 Å². The number of Topliss-reactive ketones (excluding diaryl/α,β-unsaturated/α-hetero) is 2. The Hall–Kier alpha value is -0.740. The Labute approximate surface area is 166 Å². The van der Waals surface area contributed by atoms with Crippen LogP contribution in [0, 0.1) is 40.4 Å². The summed E-state index contributed by atoms with van der Waals surface area (Å²) in [6, 6.07) is 0. The Morgan fingerprint density at radius 1 is 1.07 bits per heavy atom. The Morgan fingerprint density at radius 2 is 1.74 bits per heavy atom. The molecule has 0 heterocycles. The fourth-order valence-electron chi connectivity index (χ4n) is 7.93. The molecule has 0 bridgehead atoms. The molecule has 0 aromatic rings. The van der Waals surface area contributed by atoms with E-state index in [0.29, 0.717) is 25.2 Å². The summed E-state index contributed by atoms with van der Waals surface area (Å²) < 4.78 is 0. The predicted octanol–water partition coefficient (Wildman–Crippen LogP) is 3.91. The van der Waals surface area contributed by atoms with Gasteiger partial charge in [0.15, 0.2) is 0 Å². The second-order valence-corrected chi connectivity index (χ2v) is 10.7. The average Bonchev–Trinajstić information content (AvgIpc) is 2.93. The summed E-state index contributed by atoms with van der Waals surface area (Å²) in [6.45, 7) is 6.05. The first-order chi connectivity index (χ1) is 12.5. The molecular weight excluding hydrogens is 364 g/mol. The zero-order valence-corrected chi connectivity index (χ0v) is 17.3. The highest BCUT2D eigenvalue weighted by atomic mass is 35.5. The number of carbonyl (C=O) groups is 3. The van der Waals surface area contributed by atoms with Gasteiger partial charge in [0.1, 0.15) is 11.6 Å². The number of halogens is 1. The maximum Gasteiger partial charge on any atom is 0.232 e. The van der Waals surface area contributed by atoms with Crippen molar-refractivity contribution in [3.05, 3.63) is 0 Å². The van der Waals surface area contributed by atoms with Crippen molar-refractivity contribution in [2.45, 2.75) is 77.7 Å². The van der Waals surface area contributed by atoms with Crippen molar-refractivity contribution in [1.82, 2.24) is 0 Å². The number of carbonyl (C=O) groups excluding carboxylic acids is 3. The zero-order chi connectivity index (χ0) is 19.8. The number of hydrogen-bond acceptors (Lipinski definition) is 4. The van der Waals surface area contributed by atoms with Crippen LogP contribution in [0.2, 0.25) is 0 Å². The van der Waals surface area contributed by atoms with Crippen LogP contribution in [0.15, 0.2) is 0 Å². The van der Waals surface area contributed by atoms with Gasteiger partial charge >= 0.3 is 0 Å². The molecule has 0 aromatic heterocycles. The van der Waals surface area contributed by atoms with Gasteiger partial charge in [0, 0.05) is 17.8 Å². The summed E-state index contributed by atoms with van der Waals surface area (Å²) in [4.78, 5) is 36.5. The molecule has 4 saturated carbocycles. The van der Waals surface area contributed by atoms with Crippen LogP contribution in [0.3, 0.4) is 0 Å². The fraction of sp³-hybridized carbons (Fsp3) is 0.864. The standard InChI is InChI=1S/C22H31ClO4/c1-12(24)15-6-7-16-17-5-4-13-10-18(25)14(19(23)26)11-21(13,3)22(17,27)9-8-20(15,16)2/h13-17,27H,4-11H2,1-3H3/t13?,14?,15-,16+,17+,20-,21+,22-/m1/s1. The molecule has 0 spiro atoms. The second kappa shape index (κ2) is 6.13. The third kappa shape index (κ3) is 2.48. The Balaban J connectivity index is 1.70. The molecule has 5 heteroatoms. The number of hydrogen-bond donors (Lipinski definition) is 1. The first kappa shape index (κ1) is 19.6. The first-order valence-electron chi connectivity index (χ1n) is 10.5. The van der Waals surface area contributed by atoms with E-state index in [1.54, 1.807) is 6.92 Å². The molecule has 8 atom stereocenters. The van der Waals surface area contributed by atoms with Crippen LogP contribution in [0.4, 0.5) is 0 Å². The van der Waals surface area contributed by atoms with Crippen molar-refractivity contribution in [2.24, 2.45) is 40.4 Å². The monoisotopic (exact) mass is 394 g/mol. The maximum atomic E-state index is 12.4. The third-order valence-corrected chi connectivity index (χ3v) is 9.76. The minimum absolute atomic E-state index is 0.0296. The highest BCUT2D eigenvalue weighted by Gasteiger charge is 2.68. The van der Waals surface area contributed by atoms with Crippen molar-refractivity contribution < 1.29 is 19.5 Å². The minimum Gasteiger partial charge on any atom is -0.389 e. The zero-order valence-electron chi connectivity index (χ0n) is 16.6. The Bertz CT molecular complexity index is 704. The van der Waals surface area contributed by atoms with Gasteiger partial charge in [-0.15, -0.1) is 0 Å². The molecule has 0 aromatic carbocycles. The van der Waals surface area contributed by atoms with E-state index < -0.39 is 22.2 Å². The SMILES string of the molecule is CC(=O)[C@H]1CC[C@H]2[C@@H]3CCC4CC(=O)C(C(=O)Cl)C[C@]4(C)[C@@]3(O)CC[C@]12C. The number of fused-ring (bicyclic) bond motifs is 5. The summed E-state index contributed by atoms with van der Waals surface area (Å²) in [5, 5.41) is 11.5. The molecule has 0 aliphatic heterocycles. The van der Waals surface area contributed by atoms with Gasteiger partial charge in [0.2, 0.25) is 5.24 Å². The quantitative estimate of drug-likeness (QED) is 0.569. The number of aliphatic hydroxyl groups is 1. The van der Waals surface area contributed by atoms with E-state index in [-0.39, 0.29) is 34.7 Å². The number of ketones is 2. The first-order valence-corrected chi connectivity index (χ1v) is 10.9. The average molecular weight is 395 g/mol. The lowest BCUT2D eigenvalue weighted by Crippen LogP contribution is -2.66. The summed E-state index contributed by atoms with van der Waals surface area (Å²) in [5.41, 5.74) is -1.37. The lowest BCUT2D eigenvalue weighted by molar-refractivity contribution is -0.236. The van der Waals surface area contributed by atoms with E-state index in [0.717, 1.165) is 32.1 Å². The van der Waals surface area contributed by atoms with Gasteiger partial charge in [-0.2, -0.15) is 0 Å². The lowest BCUT2D eigenvalue weighted by Gasteiger charge is -2.65. The van der Waals surface area contributed by atoms with E-state index in [1.807, 2.05) is 0 Å². The molecular formula is C22H31ClO4. The van der Waals surface area contributed by atoms with Crippen molar-refractivity contribution in [3.63, 3.8) is 0 Å². The van der Waals surface area contributed by atoms with Crippen molar-refractivity contribution in [1.29, 1.82) is 0 Å². The predicted molar refractivity (Wildman–Crippen MR) is 102 cm³/mol. The number of rotatable bonds is 2. The molecule has 4 aliphatic carbocycles. The van der Waals surface area contributed by atoms with Crippen LogP contribution in [-0.4, -0.2) is 27.5 Å². The van der Waals surface area contributed by atoms with Crippen molar-refractivity contribution in [3.8, 4) is 0 Å². The lowest BCUT2D eigenvalue weighted by atomic mass is 9.41. The molecule has 0 saturated heterocycles. The smallest absolute Gasteiger partial charge is 0.232 e. The maximum absolute atomic E-state index is 12.4. The molecule has 4 nitrogen and oxygen atoms in total. The van der Waals surface area contributed by atoms with Gasteiger partial charge in [0.25, 0.3) is 0 Å². The molecule has 2 unspecified atom stereocenters. The summed E-state index contributed by atoms with van der Waals surface area (Å²) in [7, 11) is 0. The van der Waals surface area contributed by atoms with Crippen LogP contribution in [0.1, 0.15) is 72.1 Å². The summed E-state index contributed by atoms with van der Waals surface area (Å²) in [6.07, 6.45) is 5.95. The molecule has 4 aliphatic rings. The Kier molecular flexibility index (Phi) is 4.44. The van der Waals surface area contributed by atoms with E-state index in [2.05, 4.69) is 13.8 Å². The summed E-state index contributed by atoms with van der Waals surface area (Å²) >= 11 is 5.75. The normalized spacial score (nSPS) is 51.9. The highest BCUT2D eigenvalue weighted by molar-refractivity contribution is 6.65. The summed E-state index contributed by atoms with van der Waals surface area (Å²) in [5.74, 6) is 0.138. The molecule has 150 valence electrons. The van der Waals surface area contributed by atoms with Gasteiger partial charge in [0.05, 0.1) is 11.5 Å². The highest BCUT2D eigenvalue weighted by Crippen LogP contribution is 2.69. The van der Waals surface area contributed by atoms with Gasteiger partial charge in [-0.3, -0.25) is 14.4 Å². The van der Waals surface area contributed by atoms with Crippen molar-refractivity contribution >= 4 is 28.4 Å². The van der Waals surface area contributed by atoms with Crippen LogP contribution in [-0.2, 0) is 14.4 Å². The minimum atomic E-state index is -0.878. The van der Waals surface area contributed by atoms with Gasteiger partial charge in [-0.05, 0) is 86.6 Å². The molecule has 1 N–H and O–H groups in total. The van der Waals surface area contributed by atoms with E-state index in [1.165, 1.54) is 0 Å². The largest absolute Gasteiger partial charge is 0.389 e. The van der Waals surface area contributed by atoms with E-state index in [9.17, 15) is 19.5 Å². The van der Waals surface area contributed by atoms with Gasteiger partial charge in [-0.25, -0.2) is 0 Å². The second-order valence-electron chi connectivity index (χ2n) is 10.3. The van der Waals surface area contributed by atoms with Crippen LogP contribution >= 0.6 is 11.6 Å². The van der Waals surface area contributed by atoms with E-state index >= 15 is 0 Å². The fourth-order valence-corrected chi connectivity index (χ4v) is 8.13. The third-order valence-electron chi connectivity index (χ3n) is 9.50. The molecule has 4 rings (SSSR count). The molecule has 27 heavy (non-hydrogen) atoms. The van der Waals surface area contributed by atoms with Crippen LogP contribution < -0.4 is 0 Å². The van der Waals surface area contributed by atoms with Crippen molar-refractivity contribution in [2.75, 3.05) is 0 Å². The van der Waals surface area contributed by atoms with E-state index in [4.69, 9.17) is 11.6 Å². The van der Waals surface area contributed by atoms with Crippen LogP contribution in [0.5, 0.6) is 0 Å². The topological polar surface area (TPSA) is 71.4 Å². The van der Waals surface area contributed by atoms with Gasteiger partial charge in [-0.1, -0.05) is 13.8 Å². The molecule has 0 radical (unpaired) electrons. The molecule has 0 amide bonds. The Morgan fingerprint density at radius 3 is 2.37 bits per heavy atom.